The standard InChI is InChI=1S/C22H25N3/c1-5-22(6-2)17(3)25-12-8-7-9-21(25)19-15-18(10-11-20(19)22)24-14-13-23(4)16-24/h7-16H,3,5-6H2,1-2,4H3/q+2. The van der Waals surface area contributed by atoms with Crippen molar-refractivity contribution in [2.45, 2.75) is 32.1 Å². The summed E-state index contributed by atoms with van der Waals surface area (Å²) in [6.07, 6.45) is 10.5. The normalized spacial score (nSPS) is 14.9. The van der Waals surface area contributed by atoms with Crippen LogP contribution in [0.2, 0.25) is 0 Å². The monoisotopic (exact) mass is 331 g/mol. The van der Waals surface area contributed by atoms with Gasteiger partial charge in [-0.2, -0.15) is 4.57 Å². The van der Waals surface area contributed by atoms with E-state index in [1.54, 1.807) is 0 Å². The number of benzene rings is 1. The summed E-state index contributed by atoms with van der Waals surface area (Å²) in [6, 6.07) is 13.2. The third-order valence-electron chi connectivity index (χ3n) is 5.77. The zero-order valence-electron chi connectivity index (χ0n) is 15.2. The van der Waals surface area contributed by atoms with Gasteiger partial charge in [-0.15, -0.1) is 0 Å². The lowest BCUT2D eigenvalue weighted by Crippen LogP contribution is -2.48. The van der Waals surface area contributed by atoms with Crippen molar-refractivity contribution in [1.29, 1.82) is 0 Å². The third kappa shape index (κ3) is 2.19. The predicted octanol–water partition coefficient (Wildman–Crippen LogP) is 3.80. The van der Waals surface area contributed by atoms with Crippen LogP contribution in [0.25, 0.3) is 22.6 Å². The number of aryl methyl sites for hydroxylation is 1. The lowest BCUT2D eigenvalue weighted by atomic mass is 9.69. The maximum Gasteiger partial charge on any atom is 0.248 e. The number of fused-ring (bicyclic) bond motifs is 3. The van der Waals surface area contributed by atoms with Crippen LogP contribution in [-0.2, 0) is 12.5 Å². The van der Waals surface area contributed by atoms with Gasteiger partial charge in [0.05, 0.1) is 18.0 Å². The second-order valence-corrected chi connectivity index (χ2v) is 6.91. The van der Waals surface area contributed by atoms with Crippen molar-refractivity contribution in [1.82, 2.24) is 4.57 Å². The number of aromatic nitrogens is 3. The molecule has 0 spiro atoms. The van der Waals surface area contributed by atoms with Crippen LogP contribution < -0.4 is 9.13 Å². The minimum Gasteiger partial charge on any atom is -0.239 e. The van der Waals surface area contributed by atoms with Crippen LogP contribution in [0.1, 0.15) is 32.3 Å². The van der Waals surface area contributed by atoms with E-state index in [9.17, 15) is 0 Å². The fraction of sp³-hybridized carbons (Fsp3) is 0.273. The van der Waals surface area contributed by atoms with Crippen LogP contribution in [0.15, 0.2) is 67.9 Å². The van der Waals surface area contributed by atoms with Gasteiger partial charge in [-0.25, -0.2) is 9.13 Å². The van der Waals surface area contributed by atoms with Gasteiger partial charge >= 0.3 is 0 Å². The highest BCUT2D eigenvalue weighted by atomic mass is 15.1. The molecule has 1 aliphatic heterocycles. The van der Waals surface area contributed by atoms with Crippen molar-refractivity contribution in [3.63, 3.8) is 0 Å². The van der Waals surface area contributed by atoms with E-state index in [0.29, 0.717) is 0 Å². The smallest absolute Gasteiger partial charge is 0.239 e. The third-order valence-corrected chi connectivity index (χ3v) is 5.77. The highest BCUT2D eigenvalue weighted by Gasteiger charge is 2.45. The number of imidazole rings is 1. The summed E-state index contributed by atoms with van der Waals surface area (Å²) < 4.78 is 6.50. The highest BCUT2D eigenvalue weighted by molar-refractivity contribution is 5.74. The minimum atomic E-state index is -0.00572. The summed E-state index contributed by atoms with van der Waals surface area (Å²) in [7, 11) is 2.04. The zero-order chi connectivity index (χ0) is 17.6. The Bertz CT molecular complexity index is 961. The van der Waals surface area contributed by atoms with Gasteiger partial charge in [0.15, 0.2) is 11.9 Å². The largest absolute Gasteiger partial charge is 0.248 e. The van der Waals surface area contributed by atoms with Gasteiger partial charge in [0.2, 0.25) is 12.0 Å². The van der Waals surface area contributed by atoms with E-state index in [4.69, 9.17) is 0 Å². The Morgan fingerprint density at radius 1 is 1.08 bits per heavy atom. The molecule has 3 heterocycles. The number of hydrogen-bond acceptors (Lipinski definition) is 0. The maximum atomic E-state index is 4.49. The summed E-state index contributed by atoms with van der Waals surface area (Å²) >= 11 is 0. The highest BCUT2D eigenvalue weighted by Crippen LogP contribution is 2.46. The van der Waals surface area contributed by atoms with Gasteiger partial charge in [-0.3, -0.25) is 0 Å². The first-order valence-electron chi connectivity index (χ1n) is 8.99. The maximum absolute atomic E-state index is 4.49. The first kappa shape index (κ1) is 15.8. The molecule has 0 bridgehead atoms. The second kappa shape index (κ2) is 5.69. The SMILES string of the molecule is C=C1[n+]2ccccc2-c2cc(-n3cc[n+](C)c3)ccc2C1(CC)CC. The molecule has 1 aliphatic rings. The number of nitrogens with zero attached hydrogens (tertiary/aromatic N) is 3. The molecule has 0 aliphatic carbocycles. The Morgan fingerprint density at radius 3 is 2.56 bits per heavy atom. The Morgan fingerprint density at radius 2 is 1.88 bits per heavy atom. The minimum absolute atomic E-state index is 0.00572. The van der Waals surface area contributed by atoms with Gasteiger partial charge in [-0.1, -0.05) is 19.9 Å². The number of allylic oxidation sites excluding steroid dienone is 1. The molecule has 0 atom stereocenters. The molecule has 0 fully saturated rings. The van der Waals surface area contributed by atoms with Crippen LogP contribution in [0.3, 0.4) is 0 Å². The average Bonchev–Trinajstić information content (AvgIpc) is 3.09. The van der Waals surface area contributed by atoms with Crippen molar-refractivity contribution in [2.24, 2.45) is 7.05 Å². The molecule has 0 saturated carbocycles. The molecule has 2 aromatic heterocycles. The quantitative estimate of drug-likeness (QED) is 0.648. The van der Waals surface area contributed by atoms with E-state index in [-0.39, 0.29) is 5.41 Å². The van der Waals surface area contributed by atoms with Crippen molar-refractivity contribution >= 4 is 5.70 Å². The molecular weight excluding hydrogens is 306 g/mol. The molecule has 0 amide bonds. The number of rotatable bonds is 3. The molecule has 0 unspecified atom stereocenters. The Labute approximate surface area is 149 Å². The van der Waals surface area contributed by atoms with Crippen LogP contribution >= 0.6 is 0 Å². The lowest BCUT2D eigenvalue weighted by Gasteiger charge is -2.35. The van der Waals surface area contributed by atoms with Crippen LogP contribution in [-0.4, -0.2) is 4.57 Å². The van der Waals surface area contributed by atoms with Crippen LogP contribution in [0.5, 0.6) is 0 Å². The molecule has 25 heavy (non-hydrogen) atoms. The second-order valence-electron chi connectivity index (χ2n) is 6.91. The molecule has 3 nitrogen and oxygen atoms in total. The van der Waals surface area contributed by atoms with Crippen molar-refractivity contribution in [2.75, 3.05) is 0 Å². The molecule has 3 aromatic rings. The predicted molar refractivity (Wildman–Crippen MR) is 100 cm³/mol. The van der Waals surface area contributed by atoms with Crippen molar-refractivity contribution in [3.05, 3.63) is 73.5 Å². The molecule has 3 heteroatoms. The molecule has 126 valence electrons. The van der Waals surface area contributed by atoms with E-state index in [1.165, 1.54) is 28.2 Å². The number of pyridine rings is 1. The molecule has 4 rings (SSSR count). The summed E-state index contributed by atoms with van der Waals surface area (Å²) in [6.45, 7) is 9.03. The van der Waals surface area contributed by atoms with Crippen LogP contribution in [0.4, 0.5) is 0 Å². The summed E-state index contributed by atoms with van der Waals surface area (Å²) in [5.74, 6) is 0. The van der Waals surface area contributed by atoms with E-state index in [1.807, 2.05) is 7.05 Å². The van der Waals surface area contributed by atoms with E-state index >= 15 is 0 Å². The van der Waals surface area contributed by atoms with Crippen molar-refractivity contribution < 1.29 is 9.13 Å². The molecular formula is C22H25N3+2. The first-order chi connectivity index (χ1) is 12.1. The lowest BCUT2D eigenvalue weighted by molar-refractivity contribution is -0.670. The van der Waals surface area contributed by atoms with E-state index in [0.717, 1.165) is 12.8 Å². The topological polar surface area (TPSA) is 12.7 Å². The van der Waals surface area contributed by atoms with E-state index in [2.05, 4.69) is 95.4 Å². The fourth-order valence-electron chi connectivity index (χ4n) is 4.25. The van der Waals surface area contributed by atoms with Gasteiger partial charge in [0.25, 0.3) is 0 Å². The number of hydrogen-bond donors (Lipinski definition) is 0. The van der Waals surface area contributed by atoms with Crippen LogP contribution in [0, 0.1) is 0 Å². The van der Waals surface area contributed by atoms with Gasteiger partial charge < -0.3 is 0 Å². The first-order valence-corrected chi connectivity index (χ1v) is 8.99. The van der Waals surface area contributed by atoms with Crippen molar-refractivity contribution in [3.8, 4) is 16.9 Å². The fourth-order valence-corrected chi connectivity index (χ4v) is 4.25. The van der Waals surface area contributed by atoms with E-state index < -0.39 is 0 Å². The average molecular weight is 331 g/mol. The Balaban J connectivity index is 2.00. The molecule has 0 saturated heterocycles. The van der Waals surface area contributed by atoms with Gasteiger partial charge in [-0.05, 0) is 43.2 Å². The molecule has 0 N–H and O–H groups in total. The Hall–Kier alpha value is -2.68. The zero-order valence-corrected chi connectivity index (χ0v) is 15.2. The Kier molecular flexibility index (Phi) is 3.60. The van der Waals surface area contributed by atoms with Gasteiger partial charge in [0.1, 0.15) is 18.1 Å². The molecule has 0 radical (unpaired) electrons. The summed E-state index contributed by atoms with van der Waals surface area (Å²) in [5.41, 5.74) is 6.29. The summed E-state index contributed by atoms with van der Waals surface area (Å²) in [4.78, 5) is 0. The summed E-state index contributed by atoms with van der Waals surface area (Å²) in [5, 5.41) is 0. The molecule has 1 aromatic carbocycles. The van der Waals surface area contributed by atoms with Gasteiger partial charge in [0, 0.05) is 12.1 Å².